The summed E-state index contributed by atoms with van der Waals surface area (Å²) in [5.41, 5.74) is 0.821. The second-order valence-electron chi connectivity index (χ2n) is 3.10. The van der Waals surface area contributed by atoms with Crippen LogP contribution >= 0.6 is 27.5 Å². The second-order valence-corrected chi connectivity index (χ2v) is 4.22. The molecule has 0 heterocycles. The van der Waals surface area contributed by atoms with Gasteiger partial charge in [0.2, 0.25) is 5.91 Å². The van der Waals surface area contributed by atoms with Crippen LogP contribution in [0.15, 0.2) is 22.7 Å². The van der Waals surface area contributed by atoms with Crippen LogP contribution in [0.25, 0.3) is 0 Å². The molecule has 1 atom stereocenters. The highest BCUT2D eigenvalue weighted by Crippen LogP contribution is 2.21. The summed E-state index contributed by atoms with van der Waals surface area (Å²) in [5, 5.41) is 2.68. The van der Waals surface area contributed by atoms with Crippen LogP contribution in [0.5, 0.6) is 0 Å². The van der Waals surface area contributed by atoms with Crippen LogP contribution in [0.3, 0.4) is 0 Å². The number of nitrogens with one attached hydrogen (secondary N) is 1. The number of amides is 1. The Morgan fingerprint density at radius 2 is 2.33 bits per heavy atom. The Hall–Kier alpha value is -0.610. The molecular formula is C10H10BrClFNO. The van der Waals surface area contributed by atoms with Gasteiger partial charge in [-0.25, -0.2) is 4.39 Å². The molecule has 1 aromatic carbocycles. The van der Waals surface area contributed by atoms with Crippen LogP contribution in [0.4, 0.5) is 4.39 Å². The van der Waals surface area contributed by atoms with Crippen LogP contribution in [0.1, 0.15) is 18.5 Å². The highest BCUT2D eigenvalue weighted by atomic mass is 79.9. The molecule has 0 aromatic heterocycles. The van der Waals surface area contributed by atoms with Crippen LogP contribution in [-0.2, 0) is 4.79 Å². The van der Waals surface area contributed by atoms with Crippen molar-refractivity contribution < 1.29 is 9.18 Å². The molecule has 1 rings (SSSR count). The van der Waals surface area contributed by atoms with Gasteiger partial charge in [0.15, 0.2) is 0 Å². The largest absolute Gasteiger partial charge is 0.349 e. The first kappa shape index (κ1) is 12.5. The number of hydrogen-bond acceptors (Lipinski definition) is 1. The highest BCUT2D eigenvalue weighted by molar-refractivity contribution is 9.10. The van der Waals surface area contributed by atoms with Gasteiger partial charge in [0, 0.05) is 0 Å². The van der Waals surface area contributed by atoms with Crippen molar-refractivity contribution in [3.8, 4) is 0 Å². The van der Waals surface area contributed by atoms with Gasteiger partial charge < -0.3 is 5.32 Å². The number of halogens is 3. The number of hydrogen-bond donors (Lipinski definition) is 1. The summed E-state index contributed by atoms with van der Waals surface area (Å²) in [4.78, 5) is 11.0. The normalized spacial score (nSPS) is 12.3. The molecule has 5 heteroatoms. The Bertz CT molecular complexity index is 372. The first-order chi connectivity index (χ1) is 7.04. The Morgan fingerprint density at radius 3 is 2.87 bits per heavy atom. The number of benzene rings is 1. The Labute approximate surface area is 101 Å². The van der Waals surface area contributed by atoms with Gasteiger partial charge in [-0.15, -0.1) is 11.6 Å². The lowest BCUT2D eigenvalue weighted by molar-refractivity contribution is -0.119. The molecule has 1 aromatic rings. The molecule has 82 valence electrons. The minimum atomic E-state index is -0.324. The van der Waals surface area contributed by atoms with Crippen molar-refractivity contribution in [3.05, 3.63) is 34.1 Å². The summed E-state index contributed by atoms with van der Waals surface area (Å²) in [5.74, 6) is -0.647. The van der Waals surface area contributed by atoms with Crippen molar-refractivity contribution in [1.29, 1.82) is 0 Å². The molecule has 0 aliphatic rings. The van der Waals surface area contributed by atoms with E-state index in [1.54, 1.807) is 12.1 Å². The zero-order chi connectivity index (χ0) is 11.4. The zero-order valence-corrected chi connectivity index (χ0v) is 10.4. The van der Waals surface area contributed by atoms with Gasteiger partial charge in [-0.3, -0.25) is 4.79 Å². The average Bonchev–Trinajstić information content (AvgIpc) is 2.21. The predicted molar refractivity (Wildman–Crippen MR) is 61.4 cm³/mol. The molecular weight excluding hydrogens is 284 g/mol. The molecule has 0 fully saturated rings. The number of carbonyl (C=O) groups is 1. The van der Waals surface area contributed by atoms with Crippen molar-refractivity contribution in [2.75, 3.05) is 5.88 Å². The molecule has 0 spiro atoms. The number of rotatable bonds is 3. The lowest BCUT2D eigenvalue weighted by atomic mass is 10.1. The van der Waals surface area contributed by atoms with E-state index in [1.807, 2.05) is 6.92 Å². The molecule has 15 heavy (non-hydrogen) atoms. The summed E-state index contributed by atoms with van der Waals surface area (Å²) in [7, 11) is 0. The summed E-state index contributed by atoms with van der Waals surface area (Å²) in [6.45, 7) is 1.81. The van der Waals surface area contributed by atoms with E-state index in [0.29, 0.717) is 4.47 Å². The SMILES string of the molecule is C[C@@H](NC(=O)CCl)c1ccc(F)c(Br)c1. The number of alkyl halides is 1. The molecule has 1 amide bonds. The van der Waals surface area contributed by atoms with Gasteiger partial charge in [0.25, 0.3) is 0 Å². The minimum absolute atomic E-state index is 0.0767. The van der Waals surface area contributed by atoms with E-state index in [4.69, 9.17) is 11.6 Å². The fourth-order valence-corrected chi connectivity index (χ4v) is 1.62. The molecule has 0 aliphatic carbocycles. The van der Waals surface area contributed by atoms with Crippen molar-refractivity contribution in [2.24, 2.45) is 0 Å². The fraction of sp³-hybridized carbons (Fsp3) is 0.300. The summed E-state index contributed by atoms with van der Waals surface area (Å²) >= 11 is 8.44. The van der Waals surface area contributed by atoms with Gasteiger partial charge in [0.05, 0.1) is 10.5 Å². The van der Waals surface area contributed by atoms with Crippen LogP contribution in [-0.4, -0.2) is 11.8 Å². The molecule has 2 nitrogen and oxygen atoms in total. The molecule has 0 saturated heterocycles. The van der Waals surface area contributed by atoms with Crippen LogP contribution < -0.4 is 5.32 Å². The fourth-order valence-electron chi connectivity index (χ4n) is 1.15. The van der Waals surface area contributed by atoms with E-state index in [2.05, 4.69) is 21.2 Å². The van der Waals surface area contributed by atoms with Gasteiger partial charge in [-0.1, -0.05) is 6.07 Å². The van der Waals surface area contributed by atoms with E-state index in [1.165, 1.54) is 6.07 Å². The summed E-state index contributed by atoms with van der Waals surface area (Å²) < 4.78 is 13.3. The van der Waals surface area contributed by atoms with Crippen molar-refractivity contribution in [2.45, 2.75) is 13.0 Å². The maximum absolute atomic E-state index is 12.9. The molecule has 0 unspecified atom stereocenters. The first-order valence-corrected chi connectivity index (χ1v) is 5.67. The predicted octanol–water partition coefficient (Wildman–Crippen LogP) is 3.00. The maximum atomic E-state index is 12.9. The molecule has 0 saturated carbocycles. The topological polar surface area (TPSA) is 29.1 Å². The minimum Gasteiger partial charge on any atom is -0.349 e. The third-order valence-electron chi connectivity index (χ3n) is 1.94. The van der Waals surface area contributed by atoms with E-state index in [0.717, 1.165) is 5.56 Å². The molecule has 0 bridgehead atoms. The average molecular weight is 295 g/mol. The van der Waals surface area contributed by atoms with Crippen molar-refractivity contribution in [3.63, 3.8) is 0 Å². The van der Waals surface area contributed by atoms with Crippen LogP contribution in [0.2, 0.25) is 0 Å². The summed E-state index contributed by atoms with van der Waals surface area (Å²) in [6.07, 6.45) is 0. The quantitative estimate of drug-likeness (QED) is 0.853. The standard InChI is InChI=1S/C10H10BrClFNO/c1-6(14-10(15)5-12)7-2-3-9(13)8(11)4-7/h2-4,6H,5H2,1H3,(H,14,15)/t6-/m1/s1. The second kappa shape index (κ2) is 5.47. The smallest absolute Gasteiger partial charge is 0.235 e. The van der Waals surface area contributed by atoms with Gasteiger partial charge >= 0.3 is 0 Å². The van der Waals surface area contributed by atoms with Crippen molar-refractivity contribution in [1.82, 2.24) is 5.32 Å². The zero-order valence-electron chi connectivity index (χ0n) is 8.06. The summed E-state index contributed by atoms with van der Waals surface area (Å²) in [6, 6.07) is 4.42. The molecule has 0 aliphatic heterocycles. The highest BCUT2D eigenvalue weighted by Gasteiger charge is 2.10. The third kappa shape index (κ3) is 3.47. The lowest BCUT2D eigenvalue weighted by Gasteiger charge is -2.13. The Morgan fingerprint density at radius 1 is 1.67 bits per heavy atom. The van der Waals surface area contributed by atoms with Crippen molar-refractivity contribution >= 4 is 33.4 Å². The van der Waals surface area contributed by atoms with E-state index in [9.17, 15) is 9.18 Å². The third-order valence-corrected chi connectivity index (χ3v) is 2.79. The van der Waals surface area contributed by atoms with Crippen LogP contribution in [0, 0.1) is 5.82 Å². The molecule has 0 radical (unpaired) electrons. The monoisotopic (exact) mass is 293 g/mol. The maximum Gasteiger partial charge on any atom is 0.235 e. The van der Waals surface area contributed by atoms with E-state index < -0.39 is 0 Å². The van der Waals surface area contributed by atoms with E-state index in [-0.39, 0.29) is 23.6 Å². The Kier molecular flexibility index (Phi) is 4.54. The van der Waals surface area contributed by atoms with Gasteiger partial charge in [-0.2, -0.15) is 0 Å². The first-order valence-electron chi connectivity index (χ1n) is 4.35. The Balaban J connectivity index is 2.78. The molecule has 1 N–H and O–H groups in total. The lowest BCUT2D eigenvalue weighted by Crippen LogP contribution is -2.27. The van der Waals surface area contributed by atoms with Gasteiger partial charge in [0.1, 0.15) is 11.7 Å². The van der Waals surface area contributed by atoms with Gasteiger partial charge in [-0.05, 0) is 40.5 Å². The number of carbonyl (C=O) groups excluding carboxylic acids is 1. The van der Waals surface area contributed by atoms with E-state index >= 15 is 0 Å².